The monoisotopic (exact) mass is 308 g/mol. The quantitative estimate of drug-likeness (QED) is 0.625. The highest BCUT2D eigenvalue weighted by molar-refractivity contribution is 9.09. The molecule has 0 saturated heterocycles. The highest BCUT2D eigenvalue weighted by Crippen LogP contribution is 2.22. The van der Waals surface area contributed by atoms with Crippen LogP contribution < -0.4 is 4.74 Å². The van der Waals surface area contributed by atoms with E-state index in [1.165, 1.54) is 12.1 Å². The van der Waals surface area contributed by atoms with Crippen molar-refractivity contribution in [3.05, 3.63) is 59.9 Å². The summed E-state index contributed by atoms with van der Waals surface area (Å²) >= 11 is 3.11. The molecule has 2 aromatic rings. The average molecular weight is 309 g/mol. The molecule has 0 aromatic heterocycles. The number of halogens is 2. The first kappa shape index (κ1) is 12.8. The van der Waals surface area contributed by atoms with Crippen molar-refractivity contribution >= 4 is 21.7 Å². The molecule has 0 N–H and O–H groups in total. The first-order chi connectivity index (χ1) is 8.69. The number of Topliss-reactive ketones (excluding diaryl/α,β-unsaturated/α-hetero) is 1. The Balaban J connectivity index is 2.10. The Labute approximate surface area is 113 Å². The standard InChI is InChI=1S/C14H10BrFO2/c15-9-14(17)10-1-5-12(6-2-10)18-13-7-3-11(16)4-8-13/h1-8H,9H2. The second-order valence-electron chi connectivity index (χ2n) is 3.64. The summed E-state index contributed by atoms with van der Waals surface area (Å²) in [6.07, 6.45) is 0. The van der Waals surface area contributed by atoms with Crippen molar-refractivity contribution in [1.29, 1.82) is 0 Å². The summed E-state index contributed by atoms with van der Waals surface area (Å²) in [7, 11) is 0. The van der Waals surface area contributed by atoms with Gasteiger partial charge in [-0.05, 0) is 48.5 Å². The number of ether oxygens (including phenoxy) is 1. The third-order valence-corrected chi connectivity index (χ3v) is 2.86. The van der Waals surface area contributed by atoms with Gasteiger partial charge in [-0.15, -0.1) is 0 Å². The van der Waals surface area contributed by atoms with Gasteiger partial charge in [0, 0.05) is 5.56 Å². The predicted molar refractivity (Wildman–Crippen MR) is 71.0 cm³/mol. The van der Waals surface area contributed by atoms with Gasteiger partial charge in [-0.2, -0.15) is 0 Å². The number of hydrogen-bond acceptors (Lipinski definition) is 2. The minimum absolute atomic E-state index is 0.0170. The van der Waals surface area contributed by atoms with E-state index >= 15 is 0 Å². The van der Waals surface area contributed by atoms with Crippen LogP contribution in [0.25, 0.3) is 0 Å². The van der Waals surface area contributed by atoms with Crippen molar-refractivity contribution in [3.8, 4) is 11.5 Å². The molecule has 0 fully saturated rings. The van der Waals surface area contributed by atoms with Gasteiger partial charge < -0.3 is 4.74 Å². The lowest BCUT2D eigenvalue weighted by Gasteiger charge is -2.06. The van der Waals surface area contributed by atoms with Crippen molar-refractivity contribution in [2.75, 3.05) is 5.33 Å². The molecule has 0 saturated carbocycles. The Bertz CT molecular complexity index is 535. The molecule has 0 aliphatic carbocycles. The van der Waals surface area contributed by atoms with E-state index in [1.807, 2.05) is 0 Å². The lowest BCUT2D eigenvalue weighted by molar-refractivity contribution is 0.102. The molecule has 18 heavy (non-hydrogen) atoms. The highest BCUT2D eigenvalue weighted by Gasteiger charge is 2.04. The number of alkyl halides is 1. The normalized spacial score (nSPS) is 10.1. The molecule has 0 aliphatic rings. The summed E-state index contributed by atoms with van der Waals surface area (Å²) in [5, 5.41) is 0.297. The summed E-state index contributed by atoms with van der Waals surface area (Å²) < 4.78 is 18.2. The van der Waals surface area contributed by atoms with Crippen molar-refractivity contribution in [3.63, 3.8) is 0 Å². The zero-order chi connectivity index (χ0) is 13.0. The Morgan fingerprint density at radius 2 is 1.50 bits per heavy atom. The van der Waals surface area contributed by atoms with Crippen LogP contribution in [0.5, 0.6) is 11.5 Å². The summed E-state index contributed by atoms with van der Waals surface area (Å²) in [6.45, 7) is 0. The summed E-state index contributed by atoms with van der Waals surface area (Å²) in [6, 6.07) is 12.6. The van der Waals surface area contributed by atoms with E-state index in [0.29, 0.717) is 22.4 Å². The number of ketones is 1. The molecule has 0 spiro atoms. The lowest BCUT2D eigenvalue weighted by atomic mass is 10.1. The van der Waals surface area contributed by atoms with Crippen molar-refractivity contribution in [1.82, 2.24) is 0 Å². The Morgan fingerprint density at radius 3 is 2.00 bits per heavy atom. The Hall–Kier alpha value is -1.68. The molecule has 4 heteroatoms. The summed E-state index contributed by atoms with van der Waals surface area (Å²) in [4.78, 5) is 11.4. The van der Waals surface area contributed by atoms with Crippen LogP contribution in [0.1, 0.15) is 10.4 Å². The van der Waals surface area contributed by atoms with Gasteiger partial charge >= 0.3 is 0 Å². The molecule has 0 aliphatic heterocycles. The van der Waals surface area contributed by atoms with Crippen molar-refractivity contribution in [2.24, 2.45) is 0 Å². The van der Waals surface area contributed by atoms with Crippen LogP contribution in [-0.2, 0) is 0 Å². The molecular weight excluding hydrogens is 299 g/mol. The van der Waals surface area contributed by atoms with Crippen LogP contribution in [-0.4, -0.2) is 11.1 Å². The van der Waals surface area contributed by atoms with Gasteiger partial charge in [-0.1, -0.05) is 15.9 Å². The maximum absolute atomic E-state index is 12.7. The highest BCUT2D eigenvalue weighted by atomic mass is 79.9. The molecule has 0 atom stereocenters. The summed E-state index contributed by atoms with van der Waals surface area (Å²) in [5.74, 6) is 0.868. The predicted octanol–water partition coefficient (Wildman–Crippen LogP) is 4.20. The number of carbonyl (C=O) groups is 1. The van der Waals surface area contributed by atoms with E-state index in [4.69, 9.17) is 4.74 Å². The van der Waals surface area contributed by atoms with Gasteiger partial charge in [-0.3, -0.25) is 4.79 Å². The second-order valence-corrected chi connectivity index (χ2v) is 4.20. The second kappa shape index (κ2) is 5.78. The zero-order valence-electron chi connectivity index (χ0n) is 9.40. The van der Waals surface area contributed by atoms with Gasteiger partial charge in [0.05, 0.1) is 5.33 Å². The fourth-order valence-electron chi connectivity index (χ4n) is 1.42. The minimum Gasteiger partial charge on any atom is -0.457 e. The first-order valence-electron chi connectivity index (χ1n) is 5.31. The van der Waals surface area contributed by atoms with E-state index in [9.17, 15) is 9.18 Å². The molecule has 2 nitrogen and oxygen atoms in total. The largest absolute Gasteiger partial charge is 0.457 e. The van der Waals surface area contributed by atoms with Crippen LogP contribution in [0.15, 0.2) is 48.5 Å². The first-order valence-corrected chi connectivity index (χ1v) is 6.44. The van der Waals surface area contributed by atoms with Crippen molar-refractivity contribution < 1.29 is 13.9 Å². The maximum atomic E-state index is 12.7. The fraction of sp³-hybridized carbons (Fsp3) is 0.0714. The van der Waals surface area contributed by atoms with Crippen LogP contribution in [0.2, 0.25) is 0 Å². The molecule has 0 heterocycles. The maximum Gasteiger partial charge on any atom is 0.173 e. The Kier molecular flexibility index (Phi) is 4.10. The molecule has 0 amide bonds. The van der Waals surface area contributed by atoms with Gasteiger partial charge in [0.2, 0.25) is 0 Å². The number of rotatable bonds is 4. The van der Waals surface area contributed by atoms with Crippen LogP contribution in [0.4, 0.5) is 4.39 Å². The SMILES string of the molecule is O=C(CBr)c1ccc(Oc2ccc(F)cc2)cc1. The average Bonchev–Trinajstić information content (AvgIpc) is 2.41. The van der Waals surface area contributed by atoms with Crippen LogP contribution in [0, 0.1) is 5.82 Å². The molecule has 2 rings (SSSR count). The lowest BCUT2D eigenvalue weighted by Crippen LogP contribution is -1.99. The van der Waals surface area contributed by atoms with Gasteiger partial charge in [0.15, 0.2) is 5.78 Å². The third-order valence-electron chi connectivity index (χ3n) is 2.35. The third kappa shape index (κ3) is 3.17. The number of carbonyl (C=O) groups excluding carboxylic acids is 1. The molecule has 0 radical (unpaired) electrons. The minimum atomic E-state index is -0.305. The molecular formula is C14H10BrFO2. The topological polar surface area (TPSA) is 26.3 Å². The van der Waals surface area contributed by atoms with E-state index in [0.717, 1.165) is 0 Å². The molecule has 92 valence electrons. The van der Waals surface area contributed by atoms with E-state index in [-0.39, 0.29) is 11.6 Å². The summed E-state index contributed by atoms with van der Waals surface area (Å²) in [5.41, 5.74) is 0.623. The van der Waals surface area contributed by atoms with E-state index in [2.05, 4.69) is 15.9 Å². The fourth-order valence-corrected chi connectivity index (χ4v) is 1.75. The van der Waals surface area contributed by atoms with Crippen LogP contribution >= 0.6 is 15.9 Å². The van der Waals surface area contributed by atoms with E-state index in [1.54, 1.807) is 36.4 Å². The van der Waals surface area contributed by atoms with Gasteiger partial charge in [0.1, 0.15) is 17.3 Å². The zero-order valence-corrected chi connectivity index (χ0v) is 11.0. The molecule has 0 bridgehead atoms. The van der Waals surface area contributed by atoms with E-state index < -0.39 is 0 Å². The van der Waals surface area contributed by atoms with Gasteiger partial charge in [0.25, 0.3) is 0 Å². The van der Waals surface area contributed by atoms with Gasteiger partial charge in [-0.25, -0.2) is 4.39 Å². The van der Waals surface area contributed by atoms with Crippen molar-refractivity contribution in [2.45, 2.75) is 0 Å². The van der Waals surface area contributed by atoms with Crippen LogP contribution in [0.3, 0.4) is 0 Å². The Morgan fingerprint density at radius 1 is 1.00 bits per heavy atom. The molecule has 2 aromatic carbocycles. The number of benzene rings is 2. The number of hydrogen-bond donors (Lipinski definition) is 0. The molecule has 0 unspecified atom stereocenters. The smallest absolute Gasteiger partial charge is 0.173 e.